The Morgan fingerprint density at radius 3 is 2.50 bits per heavy atom. The highest BCUT2D eigenvalue weighted by atomic mass is 16.4. The minimum atomic E-state index is -0.961. The van der Waals surface area contributed by atoms with Gasteiger partial charge in [-0.15, -0.1) is 0 Å². The molecule has 1 heterocycles. The number of anilines is 1. The molecular weight excluding hydrogens is 258 g/mol. The molecule has 1 aliphatic carbocycles. The van der Waals surface area contributed by atoms with Crippen molar-refractivity contribution in [3.63, 3.8) is 0 Å². The number of nitrogens with one attached hydrogen (secondary N) is 1. The van der Waals surface area contributed by atoms with Crippen LogP contribution in [0.1, 0.15) is 24.4 Å². The summed E-state index contributed by atoms with van der Waals surface area (Å²) in [6, 6.07) is 5.82. The minimum absolute atomic E-state index is 0.137. The maximum atomic E-state index is 11.7. The first kappa shape index (κ1) is 12.7. The van der Waals surface area contributed by atoms with Gasteiger partial charge in [-0.05, 0) is 36.5 Å². The number of hydrogen-bond donors (Lipinski definition) is 3. The summed E-state index contributed by atoms with van der Waals surface area (Å²) in [5, 5.41) is 12.1. The van der Waals surface area contributed by atoms with Crippen molar-refractivity contribution in [3.8, 4) is 0 Å². The van der Waals surface area contributed by atoms with E-state index in [2.05, 4.69) is 10.3 Å². The van der Waals surface area contributed by atoms with Crippen LogP contribution in [0.25, 0.3) is 0 Å². The largest absolute Gasteiger partial charge is 0.481 e. The highest BCUT2D eigenvalue weighted by Gasteiger charge is 2.44. The van der Waals surface area contributed by atoms with E-state index in [-0.39, 0.29) is 5.92 Å². The number of carboxylic acids is 1. The molecule has 20 heavy (non-hydrogen) atoms. The van der Waals surface area contributed by atoms with E-state index in [0.717, 1.165) is 18.4 Å². The van der Waals surface area contributed by atoms with Gasteiger partial charge < -0.3 is 16.2 Å². The molecule has 1 saturated carbocycles. The summed E-state index contributed by atoms with van der Waals surface area (Å²) in [5.74, 6) is -1.63. The van der Waals surface area contributed by atoms with Crippen LogP contribution in [0.15, 0.2) is 29.3 Å². The maximum absolute atomic E-state index is 11.7. The zero-order valence-electron chi connectivity index (χ0n) is 10.7. The van der Waals surface area contributed by atoms with Gasteiger partial charge in [0.1, 0.15) is 5.92 Å². The van der Waals surface area contributed by atoms with Crippen LogP contribution < -0.4 is 11.1 Å². The van der Waals surface area contributed by atoms with Gasteiger partial charge in [-0.1, -0.05) is 12.1 Å². The predicted octanol–water partition coefficient (Wildman–Crippen LogP) is 1.58. The third kappa shape index (κ3) is 2.24. The number of carbonyl (C=O) groups is 2. The summed E-state index contributed by atoms with van der Waals surface area (Å²) < 4.78 is 0. The van der Waals surface area contributed by atoms with E-state index in [0.29, 0.717) is 11.4 Å². The number of aliphatic carboxylic acids is 1. The summed E-state index contributed by atoms with van der Waals surface area (Å²) in [5.41, 5.74) is 7.46. The van der Waals surface area contributed by atoms with Gasteiger partial charge in [-0.3, -0.25) is 4.79 Å². The molecule has 3 rings (SSSR count). The number of nitrogens with zero attached hydrogens (tertiary/aromatic N) is 1. The topological polar surface area (TPSA) is 105 Å². The SMILES string of the molecule is Nc1ccc(C2NC(=O)N=C(C3CC3)C2C(=O)O)cc1. The second kappa shape index (κ2) is 4.63. The number of rotatable bonds is 3. The molecule has 1 aliphatic heterocycles. The number of nitrogens with two attached hydrogens (primary N) is 1. The van der Waals surface area contributed by atoms with Crippen molar-refractivity contribution < 1.29 is 14.7 Å². The van der Waals surface area contributed by atoms with E-state index in [9.17, 15) is 14.7 Å². The summed E-state index contributed by atoms with van der Waals surface area (Å²) in [6.07, 6.45) is 1.81. The van der Waals surface area contributed by atoms with Crippen LogP contribution in [-0.2, 0) is 4.79 Å². The Morgan fingerprint density at radius 2 is 1.95 bits per heavy atom. The molecule has 4 N–H and O–H groups in total. The molecule has 1 aromatic rings. The lowest BCUT2D eigenvalue weighted by Gasteiger charge is -2.29. The zero-order valence-corrected chi connectivity index (χ0v) is 10.7. The monoisotopic (exact) mass is 273 g/mol. The van der Waals surface area contributed by atoms with E-state index in [1.807, 2.05) is 0 Å². The Labute approximate surface area is 115 Å². The number of aliphatic imine (C=N–C) groups is 1. The number of carbonyl (C=O) groups excluding carboxylic acids is 1. The smallest absolute Gasteiger partial charge is 0.341 e. The van der Waals surface area contributed by atoms with Crippen molar-refractivity contribution in [2.45, 2.75) is 18.9 Å². The molecule has 2 atom stereocenters. The predicted molar refractivity (Wildman–Crippen MR) is 73.4 cm³/mol. The Balaban J connectivity index is 2.00. The third-order valence-corrected chi connectivity index (χ3v) is 3.72. The highest BCUT2D eigenvalue weighted by Crippen LogP contribution is 2.39. The van der Waals surface area contributed by atoms with Gasteiger partial charge in [0, 0.05) is 11.4 Å². The molecule has 2 unspecified atom stereocenters. The fourth-order valence-electron chi connectivity index (χ4n) is 2.58. The van der Waals surface area contributed by atoms with Crippen molar-refractivity contribution >= 4 is 23.4 Å². The molecular formula is C14H15N3O3. The zero-order chi connectivity index (χ0) is 14.3. The fourth-order valence-corrected chi connectivity index (χ4v) is 2.58. The Hall–Kier alpha value is -2.37. The standard InChI is InChI=1S/C14H15N3O3/c15-9-5-3-8(4-6-9)12-10(13(18)19)11(7-1-2-7)16-14(20)17-12/h3-7,10,12H,1-2,15H2,(H,17,20)(H,18,19). The van der Waals surface area contributed by atoms with Gasteiger partial charge in [0.05, 0.1) is 6.04 Å². The molecule has 0 radical (unpaired) electrons. The lowest BCUT2D eigenvalue weighted by Crippen LogP contribution is -2.45. The van der Waals surface area contributed by atoms with Crippen molar-refractivity contribution in [1.29, 1.82) is 0 Å². The lowest BCUT2D eigenvalue weighted by molar-refractivity contribution is -0.140. The van der Waals surface area contributed by atoms with Gasteiger partial charge in [0.15, 0.2) is 0 Å². The van der Waals surface area contributed by atoms with Crippen molar-refractivity contribution in [2.24, 2.45) is 16.8 Å². The van der Waals surface area contributed by atoms with Crippen LogP contribution in [0.3, 0.4) is 0 Å². The molecule has 0 bridgehead atoms. The van der Waals surface area contributed by atoms with Crippen LogP contribution in [0, 0.1) is 11.8 Å². The van der Waals surface area contributed by atoms with Gasteiger partial charge in [0.25, 0.3) is 0 Å². The van der Waals surface area contributed by atoms with Crippen LogP contribution in [0.4, 0.5) is 10.5 Å². The molecule has 6 nitrogen and oxygen atoms in total. The lowest BCUT2D eigenvalue weighted by atomic mass is 9.85. The van der Waals surface area contributed by atoms with Crippen LogP contribution >= 0.6 is 0 Å². The quantitative estimate of drug-likeness (QED) is 0.727. The van der Waals surface area contributed by atoms with Crippen LogP contribution in [0.2, 0.25) is 0 Å². The second-order valence-corrected chi connectivity index (χ2v) is 5.22. The van der Waals surface area contributed by atoms with Gasteiger partial charge in [-0.25, -0.2) is 9.79 Å². The van der Waals surface area contributed by atoms with E-state index >= 15 is 0 Å². The second-order valence-electron chi connectivity index (χ2n) is 5.22. The van der Waals surface area contributed by atoms with E-state index < -0.39 is 24.0 Å². The molecule has 1 aromatic carbocycles. The highest BCUT2D eigenvalue weighted by molar-refractivity contribution is 6.10. The average Bonchev–Trinajstić information content (AvgIpc) is 3.22. The number of carboxylic acid groups (broad SMARTS) is 1. The Kier molecular flexibility index (Phi) is 2.93. The van der Waals surface area contributed by atoms with Crippen LogP contribution in [-0.4, -0.2) is 22.8 Å². The third-order valence-electron chi connectivity index (χ3n) is 3.72. The van der Waals surface area contributed by atoms with Gasteiger partial charge >= 0.3 is 12.0 Å². The summed E-state index contributed by atoms with van der Waals surface area (Å²) >= 11 is 0. The normalized spacial score (nSPS) is 25.8. The molecule has 2 amide bonds. The summed E-state index contributed by atoms with van der Waals surface area (Å²) in [4.78, 5) is 27.2. The molecule has 0 spiro atoms. The summed E-state index contributed by atoms with van der Waals surface area (Å²) in [7, 11) is 0. The Morgan fingerprint density at radius 1 is 1.30 bits per heavy atom. The first-order chi connectivity index (χ1) is 9.56. The van der Waals surface area contributed by atoms with E-state index in [1.165, 1.54) is 0 Å². The fraction of sp³-hybridized carbons (Fsp3) is 0.357. The molecule has 1 fully saturated rings. The molecule has 2 aliphatic rings. The number of hydrogen-bond acceptors (Lipinski definition) is 3. The number of amides is 2. The molecule has 0 aromatic heterocycles. The van der Waals surface area contributed by atoms with E-state index in [1.54, 1.807) is 24.3 Å². The molecule has 104 valence electrons. The number of benzene rings is 1. The summed E-state index contributed by atoms with van der Waals surface area (Å²) in [6.45, 7) is 0. The first-order valence-corrected chi connectivity index (χ1v) is 6.53. The van der Waals surface area contributed by atoms with Crippen molar-refractivity contribution in [3.05, 3.63) is 29.8 Å². The number of urea groups is 1. The average molecular weight is 273 g/mol. The van der Waals surface area contributed by atoms with Crippen LogP contribution in [0.5, 0.6) is 0 Å². The van der Waals surface area contributed by atoms with Crippen molar-refractivity contribution in [1.82, 2.24) is 5.32 Å². The van der Waals surface area contributed by atoms with Gasteiger partial charge in [-0.2, -0.15) is 0 Å². The molecule has 6 heteroatoms. The maximum Gasteiger partial charge on any atom is 0.341 e. The van der Waals surface area contributed by atoms with Gasteiger partial charge in [0.2, 0.25) is 0 Å². The first-order valence-electron chi connectivity index (χ1n) is 6.53. The number of nitrogen functional groups attached to an aromatic ring is 1. The van der Waals surface area contributed by atoms with Crippen molar-refractivity contribution in [2.75, 3.05) is 5.73 Å². The molecule has 0 saturated heterocycles. The van der Waals surface area contributed by atoms with E-state index in [4.69, 9.17) is 5.73 Å². The Bertz CT molecular complexity index is 590. The minimum Gasteiger partial charge on any atom is -0.481 e.